The Morgan fingerprint density at radius 2 is 2.17 bits per heavy atom. The van der Waals surface area contributed by atoms with Gasteiger partial charge in [0.25, 0.3) is 0 Å². The summed E-state index contributed by atoms with van der Waals surface area (Å²) in [5.74, 6) is 3.01. The second-order valence-electron chi connectivity index (χ2n) is 5.99. The number of hydrogen-bond acceptors (Lipinski definition) is 2. The average molecular weight is 257 g/mol. The predicted octanol–water partition coefficient (Wildman–Crippen LogP) is 4.75. The van der Waals surface area contributed by atoms with E-state index in [-0.39, 0.29) is 0 Å². The summed E-state index contributed by atoms with van der Waals surface area (Å²) in [7, 11) is 0. The number of hydrogen-bond donors (Lipinski definition) is 1. The van der Waals surface area contributed by atoms with E-state index in [9.17, 15) is 0 Å². The van der Waals surface area contributed by atoms with E-state index in [0.29, 0.717) is 0 Å². The Morgan fingerprint density at radius 1 is 1.17 bits per heavy atom. The summed E-state index contributed by atoms with van der Waals surface area (Å²) in [5, 5.41) is 7.20. The Kier molecular flexibility index (Phi) is 2.58. The van der Waals surface area contributed by atoms with Gasteiger partial charge in [0.1, 0.15) is 0 Å². The third kappa shape index (κ3) is 1.83. The minimum Gasteiger partial charge on any atom is -0.385 e. The van der Waals surface area contributed by atoms with E-state index in [1.807, 2.05) is 11.3 Å². The van der Waals surface area contributed by atoms with Crippen LogP contribution in [0.1, 0.15) is 25.7 Å². The van der Waals surface area contributed by atoms with E-state index >= 15 is 0 Å². The summed E-state index contributed by atoms with van der Waals surface area (Å²) in [5.41, 5.74) is 1.30. The van der Waals surface area contributed by atoms with Crippen molar-refractivity contribution >= 4 is 27.1 Å². The van der Waals surface area contributed by atoms with Gasteiger partial charge in [-0.05, 0) is 72.0 Å². The molecule has 3 unspecified atom stereocenters. The van der Waals surface area contributed by atoms with Gasteiger partial charge in [0.2, 0.25) is 0 Å². The number of nitrogens with one attached hydrogen (secondary N) is 1. The first-order valence-electron chi connectivity index (χ1n) is 7.09. The Hall–Kier alpha value is -1.02. The van der Waals surface area contributed by atoms with E-state index < -0.39 is 0 Å². The molecule has 4 rings (SSSR count). The van der Waals surface area contributed by atoms with Crippen LogP contribution in [0, 0.1) is 17.8 Å². The molecular formula is C16H19NS. The van der Waals surface area contributed by atoms with Gasteiger partial charge in [-0.3, -0.25) is 0 Å². The van der Waals surface area contributed by atoms with Crippen LogP contribution in [0.3, 0.4) is 0 Å². The molecular weight excluding hydrogens is 238 g/mol. The molecule has 3 atom stereocenters. The zero-order valence-electron chi connectivity index (χ0n) is 10.6. The van der Waals surface area contributed by atoms with E-state index in [4.69, 9.17) is 0 Å². The topological polar surface area (TPSA) is 12.0 Å². The van der Waals surface area contributed by atoms with Gasteiger partial charge < -0.3 is 5.32 Å². The maximum Gasteiger partial charge on any atom is 0.0347 e. The monoisotopic (exact) mass is 257 g/mol. The van der Waals surface area contributed by atoms with Crippen LogP contribution in [0.25, 0.3) is 10.1 Å². The highest BCUT2D eigenvalue weighted by Gasteiger charge is 2.38. The molecule has 18 heavy (non-hydrogen) atoms. The van der Waals surface area contributed by atoms with Crippen LogP contribution >= 0.6 is 11.3 Å². The van der Waals surface area contributed by atoms with Gasteiger partial charge in [0.05, 0.1) is 0 Å². The highest BCUT2D eigenvalue weighted by molar-refractivity contribution is 7.17. The number of fused-ring (bicyclic) bond motifs is 3. The Labute approximate surface area is 112 Å². The van der Waals surface area contributed by atoms with E-state index in [2.05, 4.69) is 35.0 Å². The van der Waals surface area contributed by atoms with Gasteiger partial charge >= 0.3 is 0 Å². The first-order valence-corrected chi connectivity index (χ1v) is 7.97. The SMILES string of the molecule is c1cc2cc(NCC3CC4CCC3C4)ccc2s1. The van der Waals surface area contributed by atoms with Gasteiger partial charge in [-0.25, -0.2) is 0 Å². The van der Waals surface area contributed by atoms with Crippen molar-refractivity contribution in [1.82, 2.24) is 0 Å². The summed E-state index contributed by atoms with van der Waals surface area (Å²) in [6.07, 6.45) is 5.97. The van der Waals surface area contributed by atoms with Crippen molar-refractivity contribution in [1.29, 1.82) is 0 Å². The van der Waals surface area contributed by atoms with Crippen molar-refractivity contribution in [2.45, 2.75) is 25.7 Å². The third-order valence-corrected chi connectivity index (χ3v) is 5.80. The van der Waals surface area contributed by atoms with Crippen LogP contribution in [0.15, 0.2) is 29.6 Å². The van der Waals surface area contributed by atoms with Gasteiger partial charge in [0, 0.05) is 16.9 Å². The smallest absolute Gasteiger partial charge is 0.0347 e. The van der Waals surface area contributed by atoms with Crippen molar-refractivity contribution in [3.8, 4) is 0 Å². The fraction of sp³-hybridized carbons (Fsp3) is 0.500. The molecule has 2 aliphatic carbocycles. The zero-order valence-corrected chi connectivity index (χ0v) is 11.4. The molecule has 0 saturated heterocycles. The van der Waals surface area contributed by atoms with Crippen LogP contribution in [-0.4, -0.2) is 6.54 Å². The first kappa shape index (κ1) is 10.9. The number of rotatable bonds is 3. The predicted molar refractivity (Wildman–Crippen MR) is 79.3 cm³/mol. The van der Waals surface area contributed by atoms with Gasteiger partial charge in [-0.2, -0.15) is 0 Å². The van der Waals surface area contributed by atoms with Gasteiger partial charge in [0.15, 0.2) is 0 Å². The number of anilines is 1. The van der Waals surface area contributed by atoms with Crippen LogP contribution in [-0.2, 0) is 0 Å². The Morgan fingerprint density at radius 3 is 3.00 bits per heavy atom. The average Bonchev–Trinajstić information content (AvgIpc) is 3.11. The minimum absolute atomic E-state index is 0.932. The van der Waals surface area contributed by atoms with E-state index in [0.717, 1.165) is 17.8 Å². The number of thiophene rings is 1. The standard InChI is InChI=1S/C16H19NS/c1-2-12-7-11(1)8-14(12)10-17-15-3-4-16-13(9-15)5-6-18-16/h3-6,9,11-12,14,17H,1-2,7-8,10H2. The van der Waals surface area contributed by atoms with E-state index in [1.54, 1.807) is 0 Å². The summed E-state index contributed by atoms with van der Waals surface area (Å²) in [6, 6.07) is 8.97. The molecule has 2 bridgehead atoms. The molecule has 1 aromatic heterocycles. The van der Waals surface area contributed by atoms with Gasteiger partial charge in [-0.1, -0.05) is 6.42 Å². The molecule has 2 aromatic rings. The Balaban J connectivity index is 1.45. The highest BCUT2D eigenvalue weighted by atomic mass is 32.1. The van der Waals surface area contributed by atoms with Gasteiger partial charge in [-0.15, -0.1) is 11.3 Å². The fourth-order valence-electron chi connectivity index (χ4n) is 3.95. The summed E-state index contributed by atoms with van der Waals surface area (Å²) in [6.45, 7) is 1.18. The maximum absolute atomic E-state index is 3.66. The van der Waals surface area contributed by atoms with Crippen molar-refractivity contribution in [3.63, 3.8) is 0 Å². The molecule has 0 spiro atoms. The molecule has 2 heteroatoms. The van der Waals surface area contributed by atoms with Crippen molar-refractivity contribution < 1.29 is 0 Å². The van der Waals surface area contributed by atoms with Crippen molar-refractivity contribution in [3.05, 3.63) is 29.6 Å². The lowest BCUT2D eigenvalue weighted by molar-refractivity contribution is 0.348. The second kappa shape index (κ2) is 4.27. The first-order chi connectivity index (χ1) is 8.88. The largest absolute Gasteiger partial charge is 0.385 e. The molecule has 94 valence electrons. The second-order valence-corrected chi connectivity index (χ2v) is 6.94. The fourth-order valence-corrected chi connectivity index (χ4v) is 4.72. The molecule has 2 saturated carbocycles. The minimum atomic E-state index is 0.932. The maximum atomic E-state index is 3.66. The quantitative estimate of drug-likeness (QED) is 0.836. The molecule has 2 aliphatic rings. The molecule has 1 N–H and O–H groups in total. The normalized spacial score (nSPS) is 30.1. The van der Waals surface area contributed by atoms with Crippen LogP contribution in [0.4, 0.5) is 5.69 Å². The summed E-state index contributed by atoms with van der Waals surface area (Å²) < 4.78 is 1.39. The van der Waals surface area contributed by atoms with E-state index in [1.165, 1.54) is 48.0 Å². The van der Waals surface area contributed by atoms with Crippen LogP contribution in [0.2, 0.25) is 0 Å². The highest BCUT2D eigenvalue weighted by Crippen LogP contribution is 2.48. The third-order valence-electron chi connectivity index (χ3n) is 4.91. The number of benzene rings is 1. The molecule has 0 amide bonds. The van der Waals surface area contributed by atoms with Crippen molar-refractivity contribution in [2.75, 3.05) is 11.9 Å². The molecule has 1 heterocycles. The lowest BCUT2D eigenvalue weighted by atomic mass is 9.89. The molecule has 1 nitrogen and oxygen atoms in total. The summed E-state index contributed by atoms with van der Waals surface area (Å²) in [4.78, 5) is 0. The van der Waals surface area contributed by atoms with Crippen LogP contribution < -0.4 is 5.32 Å². The Bertz CT molecular complexity index is 559. The molecule has 0 radical (unpaired) electrons. The lowest BCUT2D eigenvalue weighted by Gasteiger charge is -2.22. The lowest BCUT2D eigenvalue weighted by Crippen LogP contribution is -2.20. The molecule has 2 fully saturated rings. The molecule has 0 aliphatic heterocycles. The zero-order chi connectivity index (χ0) is 11.9. The summed E-state index contributed by atoms with van der Waals surface area (Å²) >= 11 is 1.82. The molecule has 1 aromatic carbocycles. The van der Waals surface area contributed by atoms with Crippen LogP contribution in [0.5, 0.6) is 0 Å². The van der Waals surface area contributed by atoms with Crippen molar-refractivity contribution in [2.24, 2.45) is 17.8 Å².